The number of benzene rings is 2. The Bertz CT molecular complexity index is 763. The first-order valence-corrected chi connectivity index (χ1v) is 9.47. The van der Waals surface area contributed by atoms with Crippen LogP contribution >= 0.6 is 0 Å². The number of likely N-dealkylation sites (tertiary alicyclic amines) is 1. The van der Waals surface area contributed by atoms with Gasteiger partial charge in [-0.15, -0.1) is 0 Å². The Kier molecular flexibility index (Phi) is 6.45. The van der Waals surface area contributed by atoms with Crippen LogP contribution in [0.15, 0.2) is 48.5 Å². The van der Waals surface area contributed by atoms with E-state index in [0.717, 1.165) is 49.4 Å². The third kappa shape index (κ3) is 5.07. The van der Waals surface area contributed by atoms with Crippen molar-refractivity contribution in [3.8, 4) is 5.75 Å². The van der Waals surface area contributed by atoms with Crippen molar-refractivity contribution >= 4 is 5.91 Å². The summed E-state index contributed by atoms with van der Waals surface area (Å²) in [5.41, 5.74) is 2.05. The minimum Gasteiger partial charge on any atom is -0.496 e. The van der Waals surface area contributed by atoms with Gasteiger partial charge in [-0.05, 0) is 50.1 Å². The SMILES string of the molecule is COc1ccccc1[C@@H](C)NC(=O)[C@H]1CCCN(Cc2ccc(F)cc2)C1. The van der Waals surface area contributed by atoms with Gasteiger partial charge in [0.1, 0.15) is 11.6 Å². The van der Waals surface area contributed by atoms with Crippen LogP contribution in [0.5, 0.6) is 5.75 Å². The van der Waals surface area contributed by atoms with Crippen molar-refractivity contribution in [2.75, 3.05) is 20.2 Å². The molecule has 2 aromatic carbocycles. The van der Waals surface area contributed by atoms with Gasteiger partial charge in [-0.3, -0.25) is 9.69 Å². The molecule has 1 amide bonds. The lowest BCUT2D eigenvalue weighted by Gasteiger charge is -2.32. The number of ether oxygens (including phenoxy) is 1. The molecule has 3 rings (SSSR count). The molecule has 27 heavy (non-hydrogen) atoms. The van der Waals surface area contributed by atoms with Crippen LogP contribution in [0.2, 0.25) is 0 Å². The average molecular weight is 370 g/mol. The van der Waals surface area contributed by atoms with Gasteiger partial charge in [0.25, 0.3) is 0 Å². The molecule has 1 aliphatic heterocycles. The number of nitrogens with one attached hydrogen (secondary N) is 1. The van der Waals surface area contributed by atoms with E-state index >= 15 is 0 Å². The lowest BCUT2D eigenvalue weighted by molar-refractivity contribution is -0.127. The summed E-state index contributed by atoms with van der Waals surface area (Å²) in [6.07, 6.45) is 1.88. The van der Waals surface area contributed by atoms with Crippen molar-refractivity contribution in [2.24, 2.45) is 5.92 Å². The second-order valence-electron chi connectivity index (χ2n) is 7.17. The van der Waals surface area contributed by atoms with E-state index in [9.17, 15) is 9.18 Å². The normalized spacial score (nSPS) is 18.7. The molecule has 0 bridgehead atoms. The number of carbonyl (C=O) groups is 1. The molecule has 0 aromatic heterocycles. The second-order valence-corrected chi connectivity index (χ2v) is 7.17. The second kappa shape index (κ2) is 9.00. The number of halogens is 1. The quantitative estimate of drug-likeness (QED) is 0.838. The molecule has 2 aromatic rings. The largest absolute Gasteiger partial charge is 0.496 e. The summed E-state index contributed by atoms with van der Waals surface area (Å²) in [5, 5.41) is 3.14. The lowest BCUT2D eigenvalue weighted by Crippen LogP contribution is -2.43. The zero-order valence-corrected chi connectivity index (χ0v) is 16.0. The van der Waals surface area contributed by atoms with E-state index in [1.807, 2.05) is 43.3 Å². The summed E-state index contributed by atoms with van der Waals surface area (Å²) in [6.45, 7) is 4.41. The fourth-order valence-electron chi connectivity index (χ4n) is 3.69. The third-order valence-electron chi connectivity index (χ3n) is 5.16. The fraction of sp³-hybridized carbons (Fsp3) is 0.409. The van der Waals surface area contributed by atoms with Crippen LogP contribution in [0.4, 0.5) is 4.39 Å². The highest BCUT2D eigenvalue weighted by Crippen LogP contribution is 2.26. The highest BCUT2D eigenvalue weighted by Gasteiger charge is 2.27. The monoisotopic (exact) mass is 370 g/mol. The van der Waals surface area contributed by atoms with Gasteiger partial charge in [-0.1, -0.05) is 30.3 Å². The number of para-hydroxylation sites is 1. The first kappa shape index (κ1) is 19.4. The number of amides is 1. The van der Waals surface area contributed by atoms with E-state index in [-0.39, 0.29) is 23.7 Å². The van der Waals surface area contributed by atoms with E-state index in [4.69, 9.17) is 4.74 Å². The molecule has 1 aliphatic rings. The number of piperidine rings is 1. The topological polar surface area (TPSA) is 41.6 Å². The van der Waals surface area contributed by atoms with Crippen LogP contribution in [0.3, 0.4) is 0 Å². The molecular weight excluding hydrogens is 343 g/mol. The molecule has 1 saturated heterocycles. The van der Waals surface area contributed by atoms with Crippen molar-refractivity contribution in [2.45, 2.75) is 32.4 Å². The molecule has 0 aliphatic carbocycles. The van der Waals surface area contributed by atoms with Gasteiger partial charge in [0, 0.05) is 18.7 Å². The minimum absolute atomic E-state index is 0.0312. The summed E-state index contributed by atoms with van der Waals surface area (Å²) in [4.78, 5) is 15.1. The van der Waals surface area contributed by atoms with Crippen LogP contribution in [-0.4, -0.2) is 31.0 Å². The van der Waals surface area contributed by atoms with E-state index in [1.54, 1.807) is 7.11 Å². The molecule has 0 saturated carbocycles. The summed E-state index contributed by atoms with van der Waals surface area (Å²) < 4.78 is 18.5. The van der Waals surface area contributed by atoms with E-state index in [2.05, 4.69) is 10.2 Å². The minimum atomic E-state index is -0.222. The molecule has 0 spiro atoms. The maximum Gasteiger partial charge on any atom is 0.224 e. The molecule has 2 atom stereocenters. The Balaban J connectivity index is 1.58. The van der Waals surface area contributed by atoms with Gasteiger partial charge < -0.3 is 10.1 Å². The molecule has 1 fully saturated rings. The van der Waals surface area contributed by atoms with Gasteiger partial charge in [-0.2, -0.15) is 0 Å². The highest BCUT2D eigenvalue weighted by molar-refractivity contribution is 5.79. The van der Waals surface area contributed by atoms with E-state index < -0.39 is 0 Å². The number of carbonyl (C=O) groups excluding carboxylic acids is 1. The summed E-state index contributed by atoms with van der Waals surface area (Å²) in [6, 6.07) is 14.2. The van der Waals surface area contributed by atoms with Gasteiger partial charge in [0.05, 0.1) is 19.1 Å². The van der Waals surface area contributed by atoms with E-state index in [1.165, 1.54) is 12.1 Å². The Hall–Kier alpha value is -2.40. The molecule has 144 valence electrons. The van der Waals surface area contributed by atoms with Gasteiger partial charge in [-0.25, -0.2) is 4.39 Å². The maximum atomic E-state index is 13.1. The number of rotatable bonds is 6. The van der Waals surface area contributed by atoms with Crippen LogP contribution in [0, 0.1) is 11.7 Å². The summed E-state index contributed by atoms with van der Waals surface area (Å²) in [5.74, 6) is 0.612. The van der Waals surface area contributed by atoms with Gasteiger partial charge >= 0.3 is 0 Å². The van der Waals surface area contributed by atoms with Gasteiger partial charge in [0.15, 0.2) is 0 Å². The molecule has 4 nitrogen and oxygen atoms in total. The highest BCUT2D eigenvalue weighted by atomic mass is 19.1. The number of nitrogens with zero attached hydrogens (tertiary/aromatic N) is 1. The molecule has 0 unspecified atom stereocenters. The predicted octanol–water partition coefficient (Wildman–Crippen LogP) is 3.92. The number of hydrogen-bond donors (Lipinski definition) is 1. The Morgan fingerprint density at radius 2 is 2.00 bits per heavy atom. The molecular formula is C22H27FN2O2. The number of hydrogen-bond acceptors (Lipinski definition) is 3. The van der Waals surface area contributed by atoms with Crippen molar-refractivity contribution in [1.82, 2.24) is 10.2 Å². The van der Waals surface area contributed by atoms with Crippen LogP contribution in [0.1, 0.15) is 36.9 Å². The summed E-state index contributed by atoms with van der Waals surface area (Å²) >= 11 is 0. The lowest BCUT2D eigenvalue weighted by atomic mass is 9.95. The van der Waals surface area contributed by atoms with E-state index in [0.29, 0.717) is 0 Å². The fourth-order valence-corrected chi connectivity index (χ4v) is 3.69. The smallest absolute Gasteiger partial charge is 0.224 e. The Labute approximate surface area is 160 Å². The molecule has 5 heteroatoms. The predicted molar refractivity (Wildman–Crippen MR) is 104 cm³/mol. The molecule has 0 radical (unpaired) electrons. The van der Waals surface area contributed by atoms with Crippen LogP contribution in [-0.2, 0) is 11.3 Å². The Morgan fingerprint density at radius 3 is 2.74 bits per heavy atom. The first-order valence-electron chi connectivity index (χ1n) is 9.47. The summed E-state index contributed by atoms with van der Waals surface area (Å²) in [7, 11) is 1.64. The van der Waals surface area contributed by atoms with Crippen molar-refractivity contribution in [3.05, 3.63) is 65.5 Å². The van der Waals surface area contributed by atoms with Crippen molar-refractivity contribution in [3.63, 3.8) is 0 Å². The standard InChI is InChI=1S/C22H27FN2O2/c1-16(20-7-3-4-8-21(20)27-2)24-22(26)18-6-5-13-25(15-18)14-17-9-11-19(23)12-10-17/h3-4,7-12,16,18H,5-6,13-15H2,1-2H3,(H,24,26)/t16-,18+/m1/s1. The third-order valence-corrected chi connectivity index (χ3v) is 5.16. The average Bonchev–Trinajstić information content (AvgIpc) is 2.70. The van der Waals surface area contributed by atoms with Gasteiger partial charge in [0.2, 0.25) is 5.91 Å². The number of methoxy groups -OCH3 is 1. The zero-order valence-electron chi connectivity index (χ0n) is 16.0. The Morgan fingerprint density at radius 1 is 1.26 bits per heavy atom. The molecule has 1 heterocycles. The first-order chi connectivity index (χ1) is 13.1. The van der Waals surface area contributed by atoms with Crippen molar-refractivity contribution in [1.29, 1.82) is 0 Å². The molecule has 1 N–H and O–H groups in total. The zero-order chi connectivity index (χ0) is 19.2. The van der Waals surface area contributed by atoms with Crippen molar-refractivity contribution < 1.29 is 13.9 Å². The van der Waals surface area contributed by atoms with Crippen LogP contribution in [0.25, 0.3) is 0 Å². The van der Waals surface area contributed by atoms with Crippen LogP contribution < -0.4 is 10.1 Å². The maximum absolute atomic E-state index is 13.1.